The Morgan fingerprint density at radius 2 is 2.00 bits per heavy atom. The van der Waals surface area contributed by atoms with Crippen LogP contribution in [0.5, 0.6) is 0 Å². The normalized spacial score (nSPS) is 18.8. The molecule has 1 aromatic heterocycles. The molecule has 0 aliphatic carbocycles. The lowest BCUT2D eigenvalue weighted by atomic mass is 9.96. The number of aromatic nitrogens is 2. The first-order chi connectivity index (χ1) is 12.7. The Morgan fingerprint density at radius 1 is 1.33 bits per heavy atom. The van der Waals surface area contributed by atoms with Gasteiger partial charge in [-0.15, -0.1) is 0 Å². The van der Waals surface area contributed by atoms with Crippen molar-refractivity contribution in [1.82, 2.24) is 19.4 Å². The fourth-order valence-electron chi connectivity index (χ4n) is 3.80. The van der Waals surface area contributed by atoms with E-state index in [0.29, 0.717) is 19.0 Å². The van der Waals surface area contributed by atoms with Gasteiger partial charge in [0, 0.05) is 39.0 Å². The zero-order valence-electron chi connectivity index (χ0n) is 17.3. The Morgan fingerprint density at radius 3 is 2.56 bits per heavy atom. The fourth-order valence-corrected chi connectivity index (χ4v) is 4.63. The average Bonchev–Trinajstić information content (AvgIpc) is 2.98. The second-order valence-corrected chi connectivity index (χ2v) is 9.80. The van der Waals surface area contributed by atoms with E-state index in [0.717, 1.165) is 44.7 Å². The van der Waals surface area contributed by atoms with Crippen LogP contribution in [0.15, 0.2) is 11.4 Å². The molecule has 1 amide bonds. The maximum atomic E-state index is 12.7. The molecule has 0 aromatic carbocycles. The van der Waals surface area contributed by atoms with E-state index >= 15 is 0 Å². The molecule has 0 N–H and O–H groups in total. The molecule has 1 atom stereocenters. The van der Waals surface area contributed by atoms with Gasteiger partial charge in [0.05, 0.1) is 17.8 Å². The van der Waals surface area contributed by atoms with E-state index in [9.17, 15) is 13.2 Å². The van der Waals surface area contributed by atoms with E-state index in [1.54, 1.807) is 6.20 Å². The summed E-state index contributed by atoms with van der Waals surface area (Å²) in [4.78, 5) is 21.1. The lowest BCUT2D eigenvalue weighted by molar-refractivity contribution is -0.137. The van der Waals surface area contributed by atoms with Crippen molar-refractivity contribution < 1.29 is 13.2 Å². The highest BCUT2D eigenvalue weighted by atomic mass is 32.2. The molecule has 1 unspecified atom stereocenters. The van der Waals surface area contributed by atoms with Crippen LogP contribution < -0.4 is 0 Å². The average molecular weight is 399 g/mol. The largest absolute Gasteiger partial charge is 0.343 e. The predicted molar refractivity (Wildman–Crippen MR) is 106 cm³/mol. The zero-order valence-corrected chi connectivity index (χ0v) is 18.1. The third-order valence-electron chi connectivity index (χ3n) is 5.10. The van der Waals surface area contributed by atoms with Crippen molar-refractivity contribution in [2.24, 2.45) is 11.8 Å². The SMILES string of the molecule is CCN(CC)C(=O)C1CCCN(Cc2cnc(S(C)(=O)=O)n2CC(C)C)C1. The van der Waals surface area contributed by atoms with E-state index in [1.807, 2.05) is 23.3 Å². The predicted octanol–water partition coefficient (Wildman–Crippen LogP) is 2.02. The van der Waals surface area contributed by atoms with Crippen molar-refractivity contribution in [1.29, 1.82) is 0 Å². The highest BCUT2D eigenvalue weighted by Gasteiger charge is 2.29. The second-order valence-electron chi connectivity index (χ2n) is 7.89. The van der Waals surface area contributed by atoms with Crippen LogP contribution in [-0.2, 0) is 27.7 Å². The van der Waals surface area contributed by atoms with Gasteiger partial charge in [0.15, 0.2) is 0 Å². The Labute approximate surface area is 163 Å². The number of amides is 1. The summed E-state index contributed by atoms with van der Waals surface area (Å²) < 4.78 is 26.0. The quantitative estimate of drug-likeness (QED) is 0.670. The van der Waals surface area contributed by atoms with Crippen molar-refractivity contribution in [3.05, 3.63) is 11.9 Å². The first-order valence-corrected chi connectivity index (χ1v) is 11.8. The van der Waals surface area contributed by atoms with Crippen LogP contribution in [0, 0.1) is 11.8 Å². The van der Waals surface area contributed by atoms with E-state index < -0.39 is 9.84 Å². The molecule has 0 saturated carbocycles. The molecule has 1 aliphatic heterocycles. The summed E-state index contributed by atoms with van der Waals surface area (Å²) >= 11 is 0. The number of piperidine rings is 1. The van der Waals surface area contributed by atoms with Gasteiger partial charge >= 0.3 is 0 Å². The molecule has 8 heteroatoms. The topological polar surface area (TPSA) is 75.5 Å². The van der Waals surface area contributed by atoms with Gasteiger partial charge in [0.1, 0.15) is 0 Å². The van der Waals surface area contributed by atoms with Crippen molar-refractivity contribution in [3.8, 4) is 0 Å². The molecule has 27 heavy (non-hydrogen) atoms. The summed E-state index contributed by atoms with van der Waals surface area (Å²) in [5.41, 5.74) is 0.903. The number of hydrogen-bond acceptors (Lipinski definition) is 5. The fraction of sp³-hybridized carbons (Fsp3) is 0.789. The lowest BCUT2D eigenvalue weighted by Gasteiger charge is -2.34. The summed E-state index contributed by atoms with van der Waals surface area (Å²) in [5, 5.41) is 0.138. The van der Waals surface area contributed by atoms with Gasteiger partial charge in [0.2, 0.25) is 20.9 Å². The first-order valence-electron chi connectivity index (χ1n) is 9.92. The minimum Gasteiger partial charge on any atom is -0.343 e. The van der Waals surface area contributed by atoms with Gasteiger partial charge in [-0.2, -0.15) is 0 Å². The number of rotatable bonds is 8. The summed E-state index contributed by atoms with van der Waals surface area (Å²) in [6.45, 7) is 12.5. The van der Waals surface area contributed by atoms with Crippen molar-refractivity contribution in [2.75, 3.05) is 32.4 Å². The number of likely N-dealkylation sites (tertiary alicyclic amines) is 1. The smallest absolute Gasteiger partial charge is 0.227 e. The molecule has 1 fully saturated rings. The zero-order chi connectivity index (χ0) is 20.2. The number of hydrogen-bond donors (Lipinski definition) is 0. The molecule has 2 rings (SSSR count). The van der Waals surface area contributed by atoms with Crippen molar-refractivity contribution in [2.45, 2.75) is 58.8 Å². The van der Waals surface area contributed by atoms with Crippen LogP contribution in [-0.4, -0.2) is 66.1 Å². The van der Waals surface area contributed by atoms with Crippen LogP contribution in [0.2, 0.25) is 0 Å². The Balaban J connectivity index is 2.16. The third-order valence-corrected chi connectivity index (χ3v) is 6.09. The number of nitrogens with zero attached hydrogens (tertiary/aromatic N) is 4. The van der Waals surface area contributed by atoms with Crippen LogP contribution in [0.1, 0.15) is 46.2 Å². The second kappa shape index (κ2) is 9.19. The number of imidazole rings is 1. The Kier molecular flexibility index (Phi) is 7.45. The van der Waals surface area contributed by atoms with E-state index in [1.165, 1.54) is 6.26 Å². The maximum Gasteiger partial charge on any atom is 0.227 e. The number of carbonyl (C=O) groups is 1. The van der Waals surface area contributed by atoms with Crippen LogP contribution in [0.4, 0.5) is 0 Å². The highest BCUT2D eigenvalue weighted by molar-refractivity contribution is 7.90. The summed E-state index contributed by atoms with van der Waals surface area (Å²) in [7, 11) is -3.37. The van der Waals surface area contributed by atoms with E-state index in [4.69, 9.17) is 0 Å². The van der Waals surface area contributed by atoms with Crippen LogP contribution in [0.25, 0.3) is 0 Å². The molecule has 1 saturated heterocycles. The minimum atomic E-state index is -3.37. The molecule has 0 spiro atoms. The molecule has 1 aliphatic rings. The highest BCUT2D eigenvalue weighted by Crippen LogP contribution is 2.22. The Hall–Kier alpha value is -1.41. The molecule has 7 nitrogen and oxygen atoms in total. The van der Waals surface area contributed by atoms with Gasteiger partial charge in [-0.25, -0.2) is 13.4 Å². The van der Waals surface area contributed by atoms with Gasteiger partial charge in [0.25, 0.3) is 0 Å². The van der Waals surface area contributed by atoms with E-state index in [2.05, 4.69) is 23.7 Å². The lowest BCUT2D eigenvalue weighted by Crippen LogP contribution is -2.44. The monoisotopic (exact) mass is 398 g/mol. The van der Waals surface area contributed by atoms with Gasteiger partial charge in [-0.1, -0.05) is 13.8 Å². The summed E-state index contributed by atoms with van der Waals surface area (Å²) in [6, 6.07) is 0. The molecular weight excluding hydrogens is 364 g/mol. The van der Waals surface area contributed by atoms with Crippen LogP contribution in [0.3, 0.4) is 0 Å². The maximum absolute atomic E-state index is 12.7. The van der Waals surface area contributed by atoms with Crippen molar-refractivity contribution in [3.63, 3.8) is 0 Å². The molecule has 0 radical (unpaired) electrons. The van der Waals surface area contributed by atoms with E-state index in [-0.39, 0.29) is 17.0 Å². The summed E-state index contributed by atoms with van der Waals surface area (Å²) in [5.74, 6) is 0.573. The standard InChI is InChI=1S/C19H34N4O3S/c1-6-22(7-2)18(24)16-9-8-10-21(13-16)14-17-11-20-19(27(5,25)26)23(17)12-15(3)4/h11,15-16H,6-10,12-14H2,1-5H3. The Bertz CT molecular complexity index is 738. The molecular formula is C19H34N4O3S. The molecule has 154 valence electrons. The van der Waals surface area contributed by atoms with Crippen molar-refractivity contribution >= 4 is 15.7 Å². The van der Waals surface area contributed by atoms with Gasteiger partial charge in [-0.05, 0) is 39.2 Å². The molecule has 0 bridgehead atoms. The van der Waals surface area contributed by atoms with Gasteiger partial charge in [-0.3, -0.25) is 9.69 Å². The molecule has 1 aromatic rings. The number of sulfone groups is 1. The first kappa shape index (κ1) is 21.9. The molecule has 2 heterocycles. The number of carbonyl (C=O) groups excluding carboxylic acids is 1. The van der Waals surface area contributed by atoms with Gasteiger partial charge < -0.3 is 9.47 Å². The van der Waals surface area contributed by atoms with Crippen LogP contribution >= 0.6 is 0 Å². The summed E-state index contributed by atoms with van der Waals surface area (Å²) in [6.07, 6.45) is 4.78. The third kappa shape index (κ3) is 5.54. The minimum absolute atomic E-state index is 0.0227.